The van der Waals surface area contributed by atoms with Crippen molar-refractivity contribution in [1.29, 1.82) is 0 Å². The predicted octanol–water partition coefficient (Wildman–Crippen LogP) is 2.43. The number of thiophene rings is 1. The van der Waals surface area contributed by atoms with E-state index in [9.17, 15) is 9.90 Å². The molecule has 1 aromatic rings. The smallest absolute Gasteiger partial charge is 0.244 e. The highest BCUT2D eigenvalue weighted by atomic mass is 32.1. The second-order valence-corrected chi connectivity index (χ2v) is 5.29. The Kier molecular flexibility index (Phi) is 5.38. The van der Waals surface area contributed by atoms with Gasteiger partial charge in [0.15, 0.2) is 0 Å². The zero-order chi connectivity index (χ0) is 12.7. The Morgan fingerprint density at radius 2 is 2.41 bits per heavy atom. The summed E-state index contributed by atoms with van der Waals surface area (Å²) in [6.45, 7) is 4.03. The van der Waals surface area contributed by atoms with Gasteiger partial charge in [-0.1, -0.05) is 19.4 Å². The van der Waals surface area contributed by atoms with Crippen molar-refractivity contribution < 1.29 is 9.90 Å². The van der Waals surface area contributed by atoms with Gasteiger partial charge in [-0.25, -0.2) is 0 Å². The molecule has 94 valence electrons. The van der Waals surface area contributed by atoms with Crippen molar-refractivity contribution in [2.75, 3.05) is 6.54 Å². The number of amides is 1. The van der Waals surface area contributed by atoms with Gasteiger partial charge < -0.3 is 10.4 Å². The van der Waals surface area contributed by atoms with Crippen LogP contribution in [-0.2, 0) is 4.79 Å². The molecule has 4 heteroatoms. The molecule has 1 atom stereocenters. The number of carbonyl (C=O) groups is 1. The van der Waals surface area contributed by atoms with Crippen LogP contribution in [0.3, 0.4) is 0 Å². The van der Waals surface area contributed by atoms with Crippen LogP contribution < -0.4 is 5.32 Å². The van der Waals surface area contributed by atoms with Crippen LogP contribution in [0.4, 0.5) is 0 Å². The van der Waals surface area contributed by atoms with Gasteiger partial charge in [0.1, 0.15) is 0 Å². The highest BCUT2D eigenvalue weighted by Crippen LogP contribution is 2.11. The Bertz CT molecular complexity index is 369. The van der Waals surface area contributed by atoms with Crippen LogP contribution in [0.5, 0.6) is 0 Å². The van der Waals surface area contributed by atoms with Gasteiger partial charge >= 0.3 is 0 Å². The standard InChI is InChI=1S/C13H19NO2S/c1-3-8-13(2,16)10-14-12(15)7-6-11-5-4-9-17-11/h4-7,9,16H,3,8,10H2,1-2H3,(H,14,15)/b7-6+. The van der Waals surface area contributed by atoms with Crippen LogP contribution in [0.15, 0.2) is 23.6 Å². The topological polar surface area (TPSA) is 49.3 Å². The molecule has 1 heterocycles. The van der Waals surface area contributed by atoms with Gasteiger partial charge in [-0.3, -0.25) is 4.79 Å². The summed E-state index contributed by atoms with van der Waals surface area (Å²) in [7, 11) is 0. The van der Waals surface area contributed by atoms with Gasteiger partial charge in [0, 0.05) is 17.5 Å². The maximum absolute atomic E-state index is 11.5. The fraction of sp³-hybridized carbons (Fsp3) is 0.462. The lowest BCUT2D eigenvalue weighted by Crippen LogP contribution is -2.39. The molecule has 1 amide bonds. The van der Waals surface area contributed by atoms with E-state index in [0.717, 1.165) is 11.3 Å². The lowest BCUT2D eigenvalue weighted by Gasteiger charge is -2.22. The molecule has 1 rings (SSSR count). The second kappa shape index (κ2) is 6.57. The minimum atomic E-state index is -0.818. The van der Waals surface area contributed by atoms with E-state index in [-0.39, 0.29) is 12.5 Å². The van der Waals surface area contributed by atoms with Crippen LogP contribution in [-0.4, -0.2) is 23.2 Å². The summed E-state index contributed by atoms with van der Waals surface area (Å²) in [5, 5.41) is 14.5. The number of carbonyl (C=O) groups excluding carboxylic acids is 1. The fourth-order valence-electron chi connectivity index (χ4n) is 1.51. The Morgan fingerprint density at radius 3 is 3.00 bits per heavy atom. The SMILES string of the molecule is CCCC(C)(O)CNC(=O)/C=C/c1cccs1. The molecule has 0 saturated heterocycles. The molecule has 0 aliphatic heterocycles. The zero-order valence-corrected chi connectivity index (χ0v) is 11.1. The number of nitrogens with one attached hydrogen (secondary N) is 1. The molecule has 0 saturated carbocycles. The van der Waals surface area contributed by atoms with Gasteiger partial charge in [0.25, 0.3) is 0 Å². The van der Waals surface area contributed by atoms with Crippen LogP contribution in [0.25, 0.3) is 6.08 Å². The number of hydrogen-bond donors (Lipinski definition) is 2. The Balaban J connectivity index is 2.35. The first-order chi connectivity index (χ1) is 8.03. The van der Waals surface area contributed by atoms with Crippen molar-refractivity contribution in [2.45, 2.75) is 32.3 Å². The Morgan fingerprint density at radius 1 is 1.65 bits per heavy atom. The molecule has 3 nitrogen and oxygen atoms in total. The normalized spacial score (nSPS) is 14.8. The molecule has 1 aromatic heterocycles. The van der Waals surface area contributed by atoms with Crippen molar-refractivity contribution in [3.05, 3.63) is 28.5 Å². The molecule has 17 heavy (non-hydrogen) atoms. The fourth-order valence-corrected chi connectivity index (χ4v) is 2.13. The monoisotopic (exact) mass is 253 g/mol. The number of rotatable bonds is 6. The van der Waals surface area contributed by atoms with E-state index in [0.29, 0.717) is 6.42 Å². The molecule has 0 fully saturated rings. The Hall–Kier alpha value is -1.13. The molecule has 1 unspecified atom stereocenters. The minimum Gasteiger partial charge on any atom is -0.388 e. The largest absolute Gasteiger partial charge is 0.388 e. The molecule has 0 aliphatic rings. The van der Waals surface area contributed by atoms with Crippen molar-refractivity contribution >= 4 is 23.3 Å². The van der Waals surface area contributed by atoms with Gasteiger partial charge in [-0.2, -0.15) is 0 Å². The first-order valence-corrected chi connectivity index (χ1v) is 6.63. The molecule has 0 aromatic carbocycles. The molecular formula is C13H19NO2S. The summed E-state index contributed by atoms with van der Waals surface area (Å²) in [6, 6.07) is 3.88. The van der Waals surface area contributed by atoms with E-state index in [1.165, 1.54) is 6.08 Å². The summed E-state index contributed by atoms with van der Waals surface area (Å²) >= 11 is 1.58. The summed E-state index contributed by atoms with van der Waals surface area (Å²) in [4.78, 5) is 12.5. The van der Waals surface area contributed by atoms with E-state index >= 15 is 0 Å². The van der Waals surface area contributed by atoms with E-state index in [2.05, 4.69) is 5.32 Å². The third-order valence-electron chi connectivity index (χ3n) is 2.37. The summed E-state index contributed by atoms with van der Waals surface area (Å²) in [5.74, 6) is -0.172. The quantitative estimate of drug-likeness (QED) is 0.765. The number of hydrogen-bond acceptors (Lipinski definition) is 3. The lowest BCUT2D eigenvalue weighted by molar-refractivity contribution is -0.117. The van der Waals surface area contributed by atoms with Crippen molar-refractivity contribution in [3.63, 3.8) is 0 Å². The minimum absolute atomic E-state index is 0.172. The van der Waals surface area contributed by atoms with Gasteiger partial charge in [-0.15, -0.1) is 11.3 Å². The van der Waals surface area contributed by atoms with Crippen LogP contribution in [0.1, 0.15) is 31.6 Å². The lowest BCUT2D eigenvalue weighted by atomic mass is 10.0. The second-order valence-electron chi connectivity index (χ2n) is 4.31. The van der Waals surface area contributed by atoms with Crippen molar-refractivity contribution in [3.8, 4) is 0 Å². The number of aliphatic hydroxyl groups is 1. The molecule has 0 bridgehead atoms. The maximum Gasteiger partial charge on any atom is 0.244 e. The molecule has 0 spiro atoms. The molecule has 0 radical (unpaired) electrons. The van der Waals surface area contributed by atoms with Gasteiger partial charge in [0.2, 0.25) is 5.91 Å². The van der Waals surface area contributed by atoms with E-state index < -0.39 is 5.60 Å². The first-order valence-electron chi connectivity index (χ1n) is 5.75. The third-order valence-corrected chi connectivity index (χ3v) is 3.21. The van der Waals surface area contributed by atoms with Gasteiger partial charge in [-0.05, 0) is 30.9 Å². The summed E-state index contributed by atoms with van der Waals surface area (Å²) in [5.41, 5.74) is -0.818. The van der Waals surface area contributed by atoms with Crippen molar-refractivity contribution in [1.82, 2.24) is 5.32 Å². The average Bonchev–Trinajstić information content (AvgIpc) is 2.76. The maximum atomic E-state index is 11.5. The van der Waals surface area contributed by atoms with Crippen molar-refractivity contribution in [2.24, 2.45) is 0 Å². The highest BCUT2D eigenvalue weighted by Gasteiger charge is 2.18. The average molecular weight is 253 g/mol. The predicted molar refractivity (Wildman–Crippen MR) is 71.9 cm³/mol. The van der Waals surface area contributed by atoms with E-state index in [1.54, 1.807) is 24.3 Å². The Labute approximate surface area is 106 Å². The van der Waals surface area contributed by atoms with E-state index in [4.69, 9.17) is 0 Å². The zero-order valence-electron chi connectivity index (χ0n) is 10.3. The van der Waals surface area contributed by atoms with Gasteiger partial charge in [0.05, 0.1) is 5.60 Å². The van der Waals surface area contributed by atoms with E-state index in [1.807, 2.05) is 24.4 Å². The van der Waals surface area contributed by atoms with Crippen LogP contribution >= 0.6 is 11.3 Å². The van der Waals surface area contributed by atoms with Crippen LogP contribution in [0.2, 0.25) is 0 Å². The molecule has 2 N–H and O–H groups in total. The third kappa shape index (κ3) is 5.65. The first kappa shape index (κ1) is 13.9. The molecule has 0 aliphatic carbocycles. The molecular weight excluding hydrogens is 234 g/mol. The van der Waals surface area contributed by atoms with Crippen LogP contribution in [0, 0.1) is 0 Å². The summed E-state index contributed by atoms with van der Waals surface area (Å²) in [6.07, 6.45) is 4.85. The highest BCUT2D eigenvalue weighted by molar-refractivity contribution is 7.10. The summed E-state index contributed by atoms with van der Waals surface area (Å²) < 4.78 is 0.